The van der Waals surface area contributed by atoms with Crippen LogP contribution in [0.5, 0.6) is 0 Å². The van der Waals surface area contributed by atoms with Gasteiger partial charge in [0.25, 0.3) is 0 Å². The van der Waals surface area contributed by atoms with Gasteiger partial charge in [-0.25, -0.2) is 0 Å². The van der Waals surface area contributed by atoms with Crippen LogP contribution in [0.1, 0.15) is 13.8 Å². The first-order valence-electron chi connectivity index (χ1n) is 4.53. The molecule has 1 aliphatic heterocycles. The molecular weight excluding hydrogens is 152 g/mol. The lowest BCUT2D eigenvalue weighted by molar-refractivity contribution is -0.109. The minimum atomic E-state index is 0.564. The number of nitrogens with zero attached hydrogens (tertiary/aromatic N) is 2. The molecule has 2 unspecified atom stereocenters. The van der Waals surface area contributed by atoms with E-state index in [2.05, 4.69) is 30.7 Å². The van der Waals surface area contributed by atoms with Gasteiger partial charge in [-0.1, -0.05) is 0 Å². The third kappa shape index (κ3) is 2.05. The number of carbonyl (C=O) groups is 1. The van der Waals surface area contributed by atoms with Gasteiger partial charge in [-0.15, -0.1) is 0 Å². The Morgan fingerprint density at radius 2 is 1.83 bits per heavy atom. The summed E-state index contributed by atoms with van der Waals surface area (Å²) in [6.07, 6.45) is 0.991. The van der Waals surface area contributed by atoms with E-state index in [0.717, 1.165) is 19.4 Å². The predicted octanol–water partition coefficient (Wildman–Crippen LogP) is 0.210. The highest BCUT2D eigenvalue weighted by atomic mass is 16.1. The number of carbonyl (C=O) groups excluding carboxylic acids is 1. The van der Waals surface area contributed by atoms with Crippen molar-refractivity contribution in [2.45, 2.75) is 25.9 Å². The van der Waals surface area contributed by atoms with E-state index in [-0.39, 0.29) is 0 Å². The third-order valence-corrected chi connectivity index (χ3v) is 2.77. The van der Waals surface area contributed by atoms with Crippen molar-refractivity contribution in [1.29, 1.82) is 0 Å². The molecule has 0 bridgehead atoms. The minimum absolute atomic E-state index is 0.564. The Balaban J connectivity index is 2.47. The van der Waals surface area contributed by atoms with Crippen LogP contribution < -0.4 is 0 Å². The molecule has 1 heterocycles. The summed E-state index contributed by atoms with van der Waals surface area (Å²) in [5, 5.41) is 0. The van der Waals surface area contributed by atoms with Gasteiger partial charge in [-0.2, -0.15) is 0 Å². The fourth-order valence-electron chi connectivity index (χ4n) is 1.77. The van der Waals surface area contributed by atoms with Crippen LogP contribution in [0.4, 0.5) is 0 Å². The Morgan fingerprint density at radius 1 is 1.33 bits per heavy atom. The van der Waals surface area contributed by atoms with Gasteiger partial charge in [-0.3, -0.25) is 9.80 Å². The summed E-state index contributed by atoms with van der Waals surface area (Å²) >= 11 is 0. The summed E-state index contributed by atoms with van der Waals surface area (Å²) in [6.45, 7) is 7.02. The molecule has 0 aromatic heterocycles. The number of likely N-dealkylation sites (N-methyl/N-ethyl adjacent to an activating group) is 1. The smallest absolute Gasteiger partial charge is 0.133 e. The number of piperazine rings is 1. The molecule has 0 aromatic rings. The average molecular weight is 170 g/mol. The molecule has 3 heteroatoms. The summed E-state index contributed by atoms with van der Waals surface area (Å²) in [5.74, 6) is 0. The van der Waals surface area contributed by atoms with Gasteiger partial charge < -0.3 is 4.79 Å². The van der Waals surface area contributed by atoms with Crippen molar-refractivity contribution in [2.75, 3.05) is 26.7 Å². The number of hydrogen-bond donors (Lipinski definition) is 0. The van der Waals surface area contributed by atoms with Gasteiger partial charge in [0, 0.05) is 25.2 Å². The molecule has 1 saturated heterocycles. The molecule has 0 amide bonds. The van der Waals surface area contributed by atoms with Crippen LogP contribution in [0, 0.1) is 0 Å². The molecule has 0 saturated carbocycles. The number of rotatable bonds is 2. The first kappa shape index (κ1) is 9.68. The molecule has 1 aliphatic rings. The maximum Gasteiger partial charge on any atom is 0.133 e. The zero-order valence-corrected chi connectivity index (χ0v) is 8.16. The Morgan fingerprint density at radius 3 is 2.25 bits per heavy atom. The van der Waals surface area contributed by atoms with E-state index in [4.69, 9.17) is 0 Å². The number of hydrogen-bond acceptors (Lipinski definition) is 3. The van der Waals surface area contributed by atoms with Crippen LogP contribution in [0.2, 0.25) is 0 Å². The van der Waals surface area contributed by atoms with Crippen molar-refractivity contribution < 1.29 is 4.79 Å². The van der Waals surface area contributed by atoms with Crippen LogP contribution in [0.25, 0.3) is 0 Å². The highest BCUT2D eigenvalue weighted by Gasteiger charge is 2.25. The first-order valence-corrected chi connectivity index (χ1v) is 4.53. The Labute approximate surface area is 74.3 Å². The normalized spacial score (nSPS) is 33.6. The Bertz CT molecular complexity index is 149. The zero-order chi connectivity index (χ0) is 9.14. The van der Waals surface area contributed by atoms with Crippen molar-refractivity contribution in [1.82, 2.24) is 9.80 Å². The molecule has 0 spiro atoms. The third-order valence-electron chi connectivity index (χ3n) is 2.77. The van der Waals surface area contributed by atoms with E-state index < -0.39 is 0 Å². The first-order chi connectivity index (χ1) is 5.65. The second kappa shape index (κ2) is 4.01. The van der Waals surface area contributed by atoms with Gasteiger partial charge >= 0.3 is 0 Å². The fraction of sp³-hybridized carbons (Fsp3) is 0.889. The van der Waals surface area contributed by atoms with E-state index in [9.17, 15) is 4.79 Å². The Kier molecular flexibility index (Phi) is 3.23. The summed E-state index contributed by atoms with van der Waals surface area (Å²) in [6, 6.07) is 1.13. The molecular formula is C9H18N2O. The maximum atomic E-state index is 10.3. The van der Waals surface area contributed by atoms with Gasteiger partial charge in [0.1, 0.15) is 6.29 Å². The standard InChI is InChI=1S/C9H18N2O/c1-8-6-11(4-5-12)7-9(2)10(8)3/h5,8-9H,4,6-7H2,1-3H3. The second-order valence-electron chi connectivity index (χ2n) is 3.75. The summed E-state index contributed by atoms with van der Waals surface area (Å²) < 4.78 is 0. The lowest BCUT2D eigenvalue weighted by atomic mass is 10.1. The molecule has 0 aliphatic carbocycles. The highest BCUT2D eigenvalue weighted by Crippen LogP contribution is 2.11. The molecule has 70 valence electrons. The summed E-state index contributed by atoms with van der Waals surface area (Å²) in [4.78, 5) is 14.9. The molecule has 1 rings (SSSR count). The molecule has 1 fully saturated rings. The quantitative estimate of drug-likeness (QED) is 0.553. The SMILES string of the molecule is CC1CN(CC=O)CC(C)N1C. The lowest BCUT2D eigenvalue weighted by Gasteiger charge is -2.41. The largest absolute Gasteiger partial charge is 0.302 e. The van der Waals surface area contributed by atoms with Gasteiger partial charge in [0.2, 0.25) is 0 Å². The summed E-state index contributed by atoms with van der Waals surface area (Å²) in [5.41, 5.74) is 0. The van der Waals surface area contributed by atoms with Crippen LogP contribution in [0.3, 0.4) is 0 Å². The highest BCUT2D eigenvalue weighted by molar-refractivity contribution is 5.52. The van der Waals surface area contributed by atoms with Crippen molar-refractivity contribution in [3.63, 3.8) is 0 Å². The van der Waals surface area contributed by atoms with E-state index in [1.807, 2.05) is 0 Å². The molecule has 2 atom stereocenters. The molecule has 0 radical (unpaired) electrons. The van der Waals surface area contributed by atoms with Crippen LogP contribution >= 0.6 is 0 Å². The van der Waals surface area contributed by atoms with Gasteiger partial charge in [0.15, 0.2) is 0 Å². The second-order valence-corrected chi connectivity index (χ2v) is 3.75. The topological polar surface area (TPSA) is 23.6 Å². The molecule has 12 heavy (non-hydrogen) atoms. The number of aldehydes is 1. The lowest BCUT2D eigenvalue weighted by Crippen LogP contribution is -2.55. The fourth-order valence-corrected chi connectivity index (χ4v) is 1.77. The van der Waals surface area contributed by atoms with Crippen LogP contribution in [-0.2, 0) is 4.79 Å². The maximum absolute atomic E-state index is 10.3. The zero-order valence-electron chi connectivity index (χ0n) is 8.16. The van der Waals surface area contributed by atoms with E-state index in [0.29, 0.717) is 18.6 Å². The van der Waals surface area contributed by atoms with Crippen molar-refractivity contribution >= 4 is 6.29 Å². The molecule has 0 N–H and O–H groups in total. The van der Waals surface area contributed by atoms with Crippen molar-refractivity contribution in [3.8, 4) is 0 Å². The van der Waals surface area contributed by atoms with Crippen molar-refractivity contribution in [3.05, 3.63) is 0 Å². The Hall–Kier alpha value is -0.410. The van der Waals surface area contributed by atoms with E-state index in [1.54, 1.807) is 0 Å². The molecule has 3 nitrogen and oxygen atoms in total. The van der Waals surface area contributed by atoms with E-state index >= 15 is 0 Å². The van der Waals surface area contributed by atoms with E-state index in [1.165, 1.54) is 0 Å². The minimum Gasteiger partial charge on any atom is -0.302 e. The average Bonchev–Trinajstić information content (AvgIpc) is 2.01. The van der Waals surface area contributed by atoms with Gasteiger partial charge in [0.05, 0.1) is 6.54 Å². The van der Waals surface area contributed by atoms with Gasteiger partial charge in [-0.05, 0) is 20.9 Å². The predicted molar refractivity (Wildman–Crippen MR) is 49.2 cm³/mol. The van der Waals surface area contributed by atoms with Crippen LogP contribution in [-0.4, -0.2) is 54.9 Å². The summed E-state index contributed by atoms with van der Waals surface area (Å²) in [7, 11) is 2.15. The molecule has 0 aromatic carbocycles. The van der Waals surface area contributed by atoms with Crippen molar-refractivity contribution in [2.24, 2.45) is 0 Å². The monoisotopic (exact) mass is 170 g/mol. The van der Waals surface area contributed by atoms with Crippen LogP contribution in [0.15, 0.2) is 0 Å².